The molecule has 8 nitrogen and oxygen atoms in total. The van der Waals surface area contributed by atoms with Crippen LogP contribution < -0.4 is 10.5 Å². The zero-order chi connectivity index (χ0) is 18.5. The van der Waals surface area contributed by atoms with Crippen LogP contribution in [0.3, 0.4) is 0 Å². The largest absolute Gasteiger partial charge is 0.422 e. The summed E-state index contributed by atoms with van der Waals surface area (Å²) in [5, 5.41) is 22.3. The first kappa shape index (κ1) is 15.6. The average molecular weight is 359 g/mol. The van der Waals surface area contributed by atoms with Crippen molar-refractivity contribution in [2.24, 2.45) is 12.8 Å². The molecule has 2 aromatic heterocycles. The molecule has 0 bridgehead atoms. The van der Waals surface area contributed by atoms with Gasteiger partial charge in [-0.25, -0.2) is 9.36 Å². The van der Waals surface area contributed by atoms with Crippen molar-refractivity contribution in [1.29, 1.82) is 5.26 Å². The highest BCUT2D eigenvalue weighted by Gasteiger charge is 2.40. The van der Waals surface area contributed by atoms with Gasteiger partial charge >= 0.3 is 0 Å². The van der Waals surface area contributed by atoms with Gasteiger partial charge in [0.05, 0.1) is 35.3 Å². The summed E-state index contributed by atoms with van der Waals surface area (Å²) in [6.45, 7) is 0. The lowest BCUT2D eigenvalue weighted by Crippen LogP contribution is -2.22. The molecule has 8 heteroatoms. The Morgan fingerprint density at radius 1 is 1.26 bits per heavy atom. The smallest absolute Gasteiger partial charge is 0.224 e. The Morgan fingerprint density at radius 2 is 2.04 bits per heavy atom. The molecule has 3 aromatic rings. The quantitative estimate of drug-likeness (QED) is 0.767. The van der Waals surface area contributed by atoms with Crippen LogP contribution in [0.4, 0.5) is 0 Å². The molecule has 1 aliphatic carbocycles. The maximum atomic E-state index is 9.76. The molecule has 2 aliphatic rings. The van der Waals surface area contributed by atoms with Crippen LogP contribution in [-0.2, 0) is 7.05 Å². The molecule has 0 radical (unpaired) electrons. The number of aryl methyl sites for hydroxylation is 1. The van der Waals surface area contributed by atoms with Gasteiger partial charge in [-0.2, -0.15) is 10.4 Å². The minimum atomic E-state index is -0.284. The molecule has 1 saturated carbocycles. The molecule has 1 unspecified atom stereocenters. The first-order valence-corrected chi connectivity index (χ1v) is 8.78. The summed E-state index contributed by atoms with van der Waals surface area (Å²) < 4.78 is 9.18. The molecule has 1 fully saturated rings. The number of nitrogens with zero attached hydrogens (tertiary/aromatic N) is 6. The van der Waals surface area contributed by atoms with Gasteiger partial charge in [0.25, 0.3) is 0 Å². The van der Waals surface area contributed by atoms with Gasteiger partial charge in [0.15, 0.2) is 0 Å². The van der Waals surface area contributed by atoms with E-state index in [1.807, 2.05) is 31.3 Å². The van der Waals surface area contributed by atoms with Crippen LogP contribution in [0.1, 0.15) is 41.5 Å². The summed E-state index contributed by atoms with van der Waals surface area (Å²) in [6.07, 6.45) is 5.64. The zero-order valence-corrected chi connectivity index (χ0v) is 14.7. The zero-order valence-electron chi connectivity index (χ0n) is 14.7. The summed E-state index contributed by atoms with van der Waals surface area (Å²) in [5.41, 5.74) is 10.3. The third-order valence-corrected chi connectivity index (χ3v) is 5.11. The minimum absolute atomic E-state index is 0.140. The normalized spacial score (nSPS) is 18.7. The van der Waals surface area contributed by atoms with Crippen LogP contribution in [0, 0.1) is 11.3 Å². The molecular weight excluding hydrogens is 342 g/mol. The monoisotopic (exact) mass is 359 g/mol. The van der Waals surface area contributed by atoms with Crippen LogP contribution in [-0.4, -0.2) is 24.8 Å². The predicted molar refractivity (Wildman–Crippen MR) is 95.8 cm³/mol. The van der Waals surface area contributed by atoms with Crippen molar-refractivity contribution in [3.63, 3.8) is 0 Å². The number of aromatic nitrogens is 5. The van der Waals surface area contributed by atoms with E-state index in [0.717, 1.165) is 35.3 Å². The molecule has 5 rings (SSSR count). The number of allylic oxidation sites excluding steroid dienone is 1. The Kier molecular flexibility index (Phi) is 3.31. The van der Waals surface area contributed by atoms with Crippen LogP contribution >= 0.6 is 0 Å². The topological polar surface area (TPSA) is 108 Å². The van der Waals surface area contributed by atoms with Crippen LogP contribution in [0.25, 0.3) is 5.69 Å². The number of fused-ring (bicyclic) bond motifs is 1. The van der Waals surface area contributed by atoms with E-state index < -0.39 is 0 Å². The summed E-state index contributed by atoms with van der Waals surface area (Å²) in [6, 6.07) is 10.1. The number of hydrogen-bond acceptors (Lipinski definition) is 6. The average Bonchev–Trinajstić information content (AvgIpc) is 3.28. The first-order valence-electron chi connectivity index (χ1n) is 8.78. The Bertz CT molecular complexity index is 1080. The number of benzene rings is 1. The Balaban J connectivity index is 1.65. The molecular formula is C19H17N7O. The lowest BCUT2D eigenvalue weighted by Gasteiger charge is -2.25. The highest BCUT2D eigenvalue weighted by atomic mass is 16.5. The lowest BCUT2D eigenvalue weighted by molar-refractivity contribution is 0.358. The van der Waals surface area contributed by atoms with E-state index in [0.29, 0.717) is 17.4 Å². The summed E-state index contributed by atoms with van der Waals surface area (Å²) >= 11 is 0. The number of nitrogens with two attached hydrogens (primary N) is 1. The molecule has 0 spiro atoms. The van der Waals surface area contributed by atoms with Crippen molar-refractivity contribution in [1.82, 2.24) is 24.8 Å². The molecule has 1 aromatic carbocycles. The van der Waals surface area contributed by atoms with E-state index in [1.54, 1.807) is 21.8 Å². The van der Waals surface area contributed by atoms with Gasteiger partial charge < -0.3 is 10.5 Å². The van der Waals surface area contributed by atoms with Crippen LogP contribution in [0.15, 0.2) is 48.1 Å². The predicted octanol–water partition coefficient (Wildman–Crippen LogP) is 2.10. The van der Waals surface area contributed by atoms with Crippen molar-refractivity contribution < 1.29 is 4.74 Å². The second kappa shape index (κ2) is 5.71. The molecule has 134 valence electrons. The summed E-state index contributed by atoms with van der Waals surface area (Å²) in [4.78, 5) is 0. The molecule has 0 amide bonds. The second-order valence-electron chi connectivity index (χ2n) is 6.87. The van der Waals surface area contributed by atoms with Crippen molar-refractivity contribution in [3.05, 3.63) is 64.9 Å². The standard InChI is InChI=1S/C19H17N7O/c1-25-19-16(17(23-25)12-2-3-12)15(14(10-20)18(21)27-19)11-4-6-13(7-5-11)26-9-8-22-24-26/h4-9,12,15H,2-3,21H2,1H3. The van der Waals surface area contributed by atoms with Gasteiger partial charge in [-0.1, -0.05) is 17.3 Å². The molecule has 1 aliphatic heterocycles. The summed E-state index contributed by atoms with van der Waals surface area (Å²) in [7, 11) is 1.85. The molecule has 2 N–H and O–H groups in total. The van der Waals surface area contributed by atoms with E-state index in [1.165, 1.54) is 0 Å². The second-order valence-corrected chi connectivity index (χ2v) is 6.87. The van der Waals surface area contributed by atoms with E-state index in [2.05, 4.69) is 21.5 Å². The number of nitriles is 1. The number of ether oxygens (including phenoxy) is 1. The Labute approximate surface area is 155 Å². The molecule has 3 heterocycles. The molecule has 1 atom stereocenters. The highest BCUT2D eigenvalue weighted by molar-refractivity contribution is 5.57. The summed E-state index contributed by atoms with van der Waals surface area (Å²) in [5.74, 6) is 0.909. The highest BCUT2D eigenvalue weighted by Crippen LogP contribution is 2.50. The maximum absolute atomic E-state index is 9.76. The third kappa shape index (κ3) is 2.39. The third-order valence-electron chi connectivity index (χ3n) is 5.11. The van der Waals surface area contributed by atoms with Gasteiger partial charge in [0.1, 0.15) is 11.6 Å². The Hall–Kier alpha value is -3.60. The van der Waals surface area contributed by atoms with Gasteiger partial charge in [0.2, 0.25) is 11.8 Å². The van der Waals surface area contributed by atoms with Crippen LogP contribution in [0.5, 0.6) is 5.88 Å². The van der Waals surface area contributed by atoms with Gasteiger partial charge in [-0.15, -0.1) is 5.10 Å². The molecule has 0 saturated heterocycles. The number of rotatable bonds is 3. The Morgan fingerprint density at radius 3 is 2.67 bits per heavy atom. The SMILES string of the molecule is Cn1nc(C2CC2)c2c1OC(N)=C(C#N)C2c1ccc(-n2ccnn2)cc1. The minimum Gasteiger partial charge on any atom is -0.422 e. The maximum Gasteiger partial charge on any atom is 0.224 e. The number of hydrogen-bond donors (Lipinski definition) is 1. The van der Waals surface area contributed by atoms with Crippen molar-refractivity contribution in [3.8, 4) is 17.6 Å². The van der Waals surface area contributed by atoms with Gasteiger partial charge in [-0.3, -0.25) is 0 Å². The van der Waals surface area contributed by atoms with Crippen molar-refractivity contribution in [2.45, 2.75) is 24.7 Å². The fraction of sp³-hybridized carbons (Fsp3) is 0.263. The fourth-order valence-electron chi connectivity index (χ4n) is 3.66. The van der Waals surface area contributed by atoms with Crippen molar-refractivity contribution >= 4 is 0 Å². The van der Waals surface area contributed by atoms with E-state index >= 15 is 0 Å². The molecule has 27 heavy (non-hydrogen) atoms. The van der Waals surface area contributed by atoms with Gasteiger partial charge in [-0.05, 0) is 30.5 Å². The van der Waals surface area contributed by atoms with E-state index in [4.69, 9.17) is 10.5 Å². The van der Waals surface area contributed by atoms with Crippen molar-refractivity contribution in [2.75, 3.05) is 0 Å². The van der Waals surface area contributed by atoms with Crippen LogP contribution in [0.2, 0.25) is 0 Å². The first-order chi connectivity index (χ1) is 13.2. The van der Waals surface area contributed by atoms with E-state index in [9.17, 15) is 5.26 Å². The van der Waals surface area contributed by atoms with E-state index in [-0.39, 0.29) is 11.8 Å². The van der Waals surface area contributed by atoms with Gasteiger partial charge in [0, 0.05) is 13.0 Å². The fourth-order valence-corrected chi connectivity index (χ4v) is 3.66. The lowest BCUT2D eigenvalue weighted by atomic mass is 9.83.